The van der Waals surface area contributed by atoms with E-state index in [1.807, 2.05) is 11.4 Å². The normalized spacial score (nSPS) is 9.64. The van der Waals surface area contributed by atoms with Gasteiger partial charge in [0.1, 0.15) is 6.61 Å². The van der Waals surface area contributed by atoms with Crippen LogP contribution in [0.5, 0.6) is 0 Å². The molecule has 0 aromatic carbocycles. The Labute approximate surface area is 77.3 Å². The second-order valence-corrected chi connectivity index (χ2v) is 3.92. The Bertz CT molecular complexity index is 257. The minimum atomic E-state index is -0.241. The van der Waals surface area contributed by atoms with Crippen LogP contribution in [-0.4, -0.2) is 5.97 Å². The zero-order valence-electron chi connectivity index (χ0n) is 5.96. The number of hydrogen-bond acceptors (Lipinski definition) is 3. The van der Waals surface area contributed by atoms with E-state index in [1.165, 1.54) is 6.92 Å². The van der Waals surface area contributed by atoms with E-state index in [0.29, 0.717) is 6.61 Å². The van der Waals surface area contributed by atoms with Crippen molar-refractivity contribution in [3.05, 3.63) is 20.8 Å². The third-order valence-electron chi connectivity index (χ3n) is 1.04. The lowest BCUT2D eigenvalue weighted by molar-refractivity contribution is -0.142. The average Bonchev–Trinajstić information content (AvgIpc) is 2.31. The molecular formula is C7H7BrO2S. The Morgan fingerprint density at radius 3 is 3.00 bits per heavy atom. The first kappa shape index (κ1) is 8.74. The predicted molar refractivity (Wildman–Crippen MR) is 47.5 cm³/mol. The molecule has 0 unspecified atom stereocenters. The Morgan fingerprint density at radius 1 is 1.82 bits per heavy atom. The molecule has 11 heavy (non-hydrogen) atoms. The monoisotopic (exact) mass is 234 g/mol. The SMILES string of the molecule is CC(=O)OCc1cc(Br)cs1. The molecule has 1 heterocycles. The van der Waals surface area contributed by atoms with Crippen LogP contribution in [0.25, 0.3) is 0 Å². The average molecular weight is 235 g/mol. The summed E-state index contributed by atoms with van der Waals surface area (Å²) in [6.07, 6.45) is 0. The molecule has 0 fully saturated rings. The van der Waals surface area contributed by atoms with Gasteiger partial charge in [0.2, 0.25) is 0 Å². The van der Waals surface area contributed by atoms with Crippen molar-refractivity contribution in [2.75, 3.05) is 0 Å². The lowest BCUT2D eigenvalue weighted by Gasteiger charge is -1.96. The first-order chi connectivity index (χ1) is 5.18. The van der Waals surface area contributed by atoms with E-state index in [4.69, 9.17) is 4.74 Å². The Morgan fingerprint density at radius 2 is 2.55 bits per heavy atom. The maximum Gasteiger partial charge on any atom is 0.302 e. The number of carbonyl (C=O) groups is 1. The second-order valence-electron chi connectivity index (χ2n) is 2.01. The van der Waals surface area contributed by atoms with Crippen molar-refractivity contribution in [1.29, 1.82) is 0 Å². The fraction of sp³-hybridized carbons (Fsp3) is 0.286. The molecule has 1 aromatic heterocycles. The molecule has 1 rings (SSSR count). The van der Waals surface area contributed by atoms with Crippen LogP contribution in [0.3, 0.4) is 0 Å². The minimum Gasteiger partial charge on any atom is -0.460 e. The number of esters is 1. The van der Waals surface area contributed by atoms with Crippen LogP contribution in [0, 0.1) is 0 Å². The number of halogens is 1. The van der Waals surface area contributed by atoms with Crippen molar-refractivity contribution in [1.82, 2.24) is 0 Å². The van der Waals surface area contributed by atoms with Crippen LogP contribution in [0.1, 0.15) is 11.8 Å². The first-order valence-corrected chi connectivity index (χ1v) is 4.72. The number of rotatable bonds is 2. The second kappa shape index (κ2) is 3.88. The van der Waals surface area contributed by atoms with E-state index in [1.54, 1.807) is 11.3 Å². The Balaban J connectivity index is 2.45. The van der Waals surface area contributed by atoms with Crippen molar-refractivity contribution in [2.45, 2.75) is 13.5 Å². The summed E-state index contributed by atoms with van der Waals surface area (Å²) in [5.74, 6) is -0.241. The molecular weight excluding hydrogens is 228 g/mol. The quantitative estimate of drug-likeness (QED) is 0.736. The van der Waals surface area contributed by atoms with Gasteiger partial charge >= 0.3 is 5.97 Å². The van der Waals surface area contributed by atoms with Crippen molar-refractivity contribution >= 4 is 33.2 Å². The van der Waals surface area contributed by atoms with Crippen LogP contribution in [0.15, 0.2) is 15.9 Å². The van der Waals surface area contributed by atoms with Crippen molar-refractivity contribution < 1.29 is 9.53 Å². The van der Waals surface area contributed by atoms with Gasteiger partial charge in [0.15, 0.2) is 0 Å². The molecule has 0 N–H and O–H groups in total. The van der Waals surface area contributed by atoms with Gasteiger partial charge in [-0.3, -0.25) is 4.79 Å². The third-order valence-corrected chi connectivity index (χ3v) is 2.71. The highest BCUT2D eigenvalue weighted by Crippen LogP contribution is 2.20. The smallest absolute Gasteiger partial charge is 0.302 e. The van der Waals surface area contributed by atoms with E-state index in [0.717, 1.165) is 9.35 Å². The Hall–Kier alpha value is -0.350. The molecule has 1 aromatic rings. The largest absolute Gasteiger partial charge is 0.460 e. The van der Waals surface area contributed by atoms with Gasteiger partial charge in [0.25, 0.3) is 0 Å². The van der Waals surface area contributed by atoms with Crippen LogP contribution in [-0.2, 0) is 16.1 Å². The van der Waals surface area contributed by atoms with E-state index >= 15 is 0 Å². The number of thiophene rings is 1. The van der Waals surface area contributed by atoms with Crippen molar-refractivity contribution in [3.8, 4) is 0 Å². The summed E-state index contributed by atoms with van der Waals surface area (Å²) in [5.41, 5.74) is 0. The summed E-state index contributed by atoms with van der Waals surface area (Å²) in [5, 5.41) is 1.96. The third kappa shape index (κ3) is 3.03. The number of hydrogen-bond donors (Lipinski definition) is 0. The van der Waals surface area contributed by atoms with E-state index in [2.05, 4.69) is 15.9 Å². The number of carbonyl (C=O) groups excluding carboxylic acids is 1. The molecule has 0 aliphatic rings. The van der Waals surface area contributed by atoms with E-state index < -0.39 is 0 Å². The van der Waals surface area contributed by atoms with Crippen molar-refractivity contribution in [2.24, 2.45) is 0 Å². The highest BCUT2D eigenvalue weighted by molar-refractivity contribution is 9.10. The van der Waals surface area contributed by atoms with Crippen molar-refractivity contribution in [3.63, 3.8) is 0 Å². The van der Waals surface area contributed by atoms with Crippen LogP contribution >= 0.6 is 27.3 Å². The minimum absolute atomic E-state index is 0.241. The summed E-state index contributed by atoms with van der Waals surface area (Å²) in [6, 6.07) is 1.94. The molecule has 0 saturated carbocycles. The van der Waals surface area contributed by atoms with Gasteiger partial charge < -0.3 is 4.74 Å². The molecule has 0 aliphatic carbocycles. The predicted octanol–water partition coefficient (Wildman–Crippen LogP) is 2.57. The molecule has 0 bridgehead atoms. The zero-order chi connectivity index (χ0) is 8.27. The van der Waals surface area contributed by atoms with Gasteiger partial charge in [-0.25, -0.2) is 0 Å². The zero-order valence-corrected chi connectivity index (χ0v) is 8.37. The lowest BCUT2D eigenvalue weighted by Crippen LogP contribution is -1.96. The molecule has 0 radical (unpaired) electrons. The summed E-state index contributed by atoms with van der Waals surface area (Å²) >= 11 is 4.88. The summed E-state index contributed by atoms with van der Waals surface area (Å²) in [4.78, 5) is 11.4. The summed E-state index contributed by atoms with van der Waals surface area (Å²) in [7, 11) is 0. The lowest BCUT2D eigenvalue weighted by atomic mass is 10.5. The molecule has 0 saturated heterocycles. The topological polar surface area (TPSA) is 26.3 Å². The highest BCUT2D eigenvalue weighted by atomic mass is 79.9. The van der Waals surface area contributed by atoms with Gasteiger partial charge in [0.05, 0.1) is 0 Å². The van der Waals surface area contributed by atoms with Gasteiger partial charge in [-0.2, -0.15) is 0 Å². The van der Waals surface area contributed by atoms with Gasteiger partial charge in [-0.15, -0.1) is 11.3 Å². The fourth-order valence-electron chi connectivity index (χ4n) is 0.602. The molecule has 0 atom stereocenters. The molecule has 4 heteroatoms. The molecule has 0 aliphatic heterocycles. The van der Waals surface area contributed by atoms with Crippen LogP contribution < -0.4 is 0 Å². The molecule has 60 valence electrons. The van der Waals surface area contributed by atoms with Gasteiger partial charge in [0, 0.05) is 21.7 Å². The molecule has 0 spiro atoms. The van der Waals surface area contributed by atoms with Crippen LogP contribution in [0.2, 0.25) is 0 Å². The maximum absolute atomic E-state index is 10.4. The van der Waals surface area contributed by atoms with Crippen LogP contribution in [0.4, 0.5) is 0 Å². The molecule has 2 nitrogen and oxygen atoms in total. The van der Waals surface area contributed by atoms with E-state index in [-0.39, 0.29) is 5.97 Å². The summed E-state index contributed by atoms with van der Waals surface area (Å²) < 4.78 is 5.82. The van der Waals surface area contributed by atoms with Gasteiger partial charge in [-0.1, -0.05) is 0 Å². The van der Waals surface area contributed by atoms with E-state index in [9.17, 15) is 4.79 Å². The molecule has 0 amide bonds. The Kier molecular flexibility index (Phi) is 3.08. The highest BCUT2D eigenvalue weighted by Gasteiger charge is 1.98. The standard InChI is InChI=1S/C7H7BrO2S/c1-5(9)10-3-7-2-6(8)4-11-7/h2,4H,3H2,1H3. The fourth-order valence-corrected chi connectivity index (χ4v) is 1.96. The van der Waals surface area contributed by atoms with Gasteiger partial charge in [-0.05, 0) is 22.0 Å². The number of ether oxygens (including phenoxy) is 1. The first-order valence-electron chi connectivity index (χ1n) is 3.05. The summed E-state index contributed by atoms with van der Waals surface area (Å²) in [6.45, 7) is 1.79. The maximum atomic E-state index is 10.4.